The van der Waals surface area contributed by atoms with Crippen LogP contribution in [0.5, 0.6) is 0 Å². The molecule has 0 saturated heterocycles. The first-order valence-electron chi connectivity index (χ1n) is 6.57. The average molecular weight is 277 g/mol. The van der Waals surface area contributed by atoms with Gasteiger partial charge in [0, 0.05) is 17.6 Å². The van der Waals surface area contributed by atoms with Crippen molar-refractivity contribution in [3.05, 3.63) is 23.2 Å². The first kappa shape index (κ1) is 13.8. The number of aromatic nitrogens is 1. The molecule has 4 nitrogen and oxygen atoms in total. The number of thiophene rings is 1. The molecule has 102 valence electrons. The van der Waals surface area contributed by atoms with Gasteiger partial charge in [0.15, 0.2) is 0 Å². The number of fused-ring (bicyclic) bond motifs is 1. The molecule has 0 bridgehead atoms. The Balaban J connectivity index is 2.15. The minimum atomic E-state index is -0.0934. The maximum atomic E-state index is 12.2. The molecule has 0 aromatic carbocycles. The molecule has 1 unspecified atom stereocenters. The zero-order valence-electron chi connectivity index (χ0n) is 11.3. The Hall–Kier alpha value is -1.62. The molecular weight excluding hydrogens is 258 g/mol. The predicted octanol–water partition coefficient (Wildman–Crippen LogP) is 3.19. The molecule has 0 aliphatic heterocycles. The fourth-order valence-electron chi connectivity index (χ4n) is 1.99. The lowest BCUT2D eigenvalue weighted by Crippen LogP contribution is -2.32. The van der Waals surface area contributed by atoms with E-state index in [1.807, 2.05) is 19.1 Å². The molecule has 0 aliphatic carbocycles. The number of anilines is 1. The molecule has 0 saturated carbocycles. The molecule has 19 heavy (non-hydrogen) atoms. The van der Waals surface area contributed by atoms with Gasteiger partial charge in [-0.25, -0.2) is 4.98 Å². The molecular formula is C14H19N3OS. The molecule has 2 aromatic heterocycles. The molecule has 2 aromatic rings. The highest BCUT2D eigenvalue weighted by Crippen LogP contribution is 2.31. The molecule has 0 aliphatic rings. The Bertz CT molecular complexity index is 579. The van der Waals surface area contributed by atoms with E-state index in [1.165, 1.54) is 11.3 Å². The fourth-order valence-corrected chi connectivity index (χ4v) is 2.96. The van der Waals surface area contributed by atoms with Gasteiger partial charge in [-0.05, 0) is 25.5 Å². The summed E-state index contributed by atoms with van der Waals surface area (Å²) in [6.07, 6.45) is 4.95. The molecule has 2 heterocycles. The highest BCUT2D eigenvalue weighted by atomic mass is 32.1. The molecule has 0 spiro atoms. The number of hydrogen-bond acceptors (Lipinski definition) is 4. The van der Waals surface area contributed by atoms with Gasteiger partial charge in [0.2, 0.25) is 0 Å². The van der Waals surface area contributed by atoms with Gasteiger partial charge in [0.1, 0.15) is 9.71 Å². The molecule has 0 fully saturated rings. The van der Waals surface area contributed by atoms with Crippen molar-refractivity contribution in [2.24, 2.45) is 0 Å². The van der Waals surface area contributed by atoms with Crippen molar-refractivity contribution in [1.29, 1.82) is 0 Å². The number of unbranched alkanes of at least 4 members (excludes halogenated alkanes) is 1. The molecule has 1 atom stereocenters. The molecule has 3 N–H and O–H groups in total. The van der Waals surface area contributed by atoms with Crippen LogP contribution in [0.2, 0.25) is 0 Å². The van der Waals surface area contributed by atoms with E-state index in [1.54, 1.807) is 6.20 Å². The van der Waals surface area contributed by atoms with E-state index >= 15 is 0 Å². The lowest BCUT2D eigenvalue weighted by molar-refractivity contribution is 0.0943. The summed E-state index contributed by atoms with van der Waals surface area (Å²) in [4.78, 5) is 17.8. The summed E-state index contributed by atoms with van der Waals surface area (Å²) in [5, 5.41) is 3.86. The first-order valence-corrected chi connectivity index (χ1v) is 7.39. The SMILES string of the molecule is CCCCC(C)NC(=O)c1sc2ncccc2c1N. The number of rotatable bonds is 5. The largest absolute Gasteiger partial charge is 0.397 e. The van der Waals surface area contributed by atoms with Crippen molar-refractivity contribution in [2.75, 3.05) is 5.73 Å². The monoisotopic (exact) mass is 277 g/mol. The maximum absolute atomic E-state index is 12.2. The van der Waals surface area contributed by atoms with Crippen LogP contribution >= 0.6 is 11.3 Å². The van der Waals surface area contributed by atoms with Crippen LogP contribution in [0.15, 0.2) is 18.3 Å². The van der Waals surface area contributed by atoms with E-state index in [0.29, 0.717) is 10.6 Å². The third-order valence-corrected chi connectivity index (χ3v) is 4.21. The van der Waals surface area contributed by atoms with E-state index < -0.39 is 0 Å². The van der Waals surface area contributed by atoms with Crippen molar-refractivity contribution in [2.45, 2.75) is 39.2 Å². The van der Waals surface area contributed by atoms with Crippen LogP contribution in [0.25, 0.3) is 10.2 Å². The molecule has 1 amide bonds. The summed E-state index contributed by atoms with van der Waals surface area (Å²) in [5.41, 5.74) is 6.56. The van der Waals surface area contributed by atoms with E-state index in [0.717, 1.165) is 29.5 Å². The Morgan fingerprint density at radius 2 is 2.37 bits per heavy atom. The van der Waals surface area contributed by atoms with Gasteiger partial charge in [0.05, 0.1) is 5.69 Å². The normalized spacial score (nSPS) is 12.5. The minimum Gasteiger partial charge on any atom is -0.397 e. The van der Waals surface area contributed by atoms with Crippen molar-refractivity contribution < 1.29 is 4.79 Å². The number of carbonyl (C=O) groups excluding carboxylic acids is 1. The maximum Gasteiger partial charge on any atom is 0.263 e. The van der Waals surface area contributed by atoms with Crippen LogP contribution in [-0.4, -0.2) is 16.9 Å². The summed E-state index contributed by atoms with van der Waals surface area (Å²) >= 11 is 1.35. The van der Waals surface area contributed by atoms with Gasteiger partial charge in [-0.3, -0.25) is 4.79 Å². The number of nitrogen functional groups attached to an aromatic ring is 1. The predicted molar refractivity (Wildman–Crippen MR) is 80.5 cm³/mol. The second-order valence-electron chi connectivity index (χ2n) is 4.72. The van der Waals surface area contributed by atoms with E-state index in [-0.39, 0.29) is 11.9 Å². The highest BCUT2D eigenvalue weighted by Gasteiger charge is 2.18. The minimum absolute atomic E-state index is 0.0934. The van der Waals surface area contributed by atoms with Crippen molar-refractivity contribution >= 4 is 33.1 Å². The van der Waals surface area contributed by atoms with Crippen LogP contribution in [0.3, 0.4) is 0 Å². The summed E-state index contributed by atoms with van der Waals surface area (Å²) in [6.45, 7) is 4.17. The third-order valence-electron chi connectivity index (χ3n) is 3.08. The Morgan fingerprint density at radius 1 is 1.58 bits per heavy atom. The van der Waals surface area contributed by atoms with Gasteiger partial charge in [-0.1, -0.05) is 19.8 Å². The number of nitrogens with zero attached hydrogens (tertiary/aromatic N) is 1. The summed E-state index contributed by atoms with van der Waals surface area (Å²) in [5.74, 6) is -0.0934. The number of nitrogens with two attached hydrogens (primary N) is 1. The average Bonchev–Trinajstić information content (AvgIpc) is 2.74. The van der Waals surface area contributed by atoms with Crippen molar-refractivity contribution in [3.63, 3.8) is 0 Å². The van der Waals surface area contributed by atoms with Gasteiger partial charge in [-0.15, -0.1) is 11.3 Å². The smallest absolute Gasteiger partial charge is 0.263 e. The first-order chi connectivity index (χ1) is 9.13. The van der Waals surface area contributed by atoms with Crippen LogP contribution in [0, 0.1) is 0 Å². The second-order valence-corrected chi connectivity index (χ2v) is 5.72. The molecule has 5 heteroatoms. The van der Waals surface area contributed by atoms with Gasteiger partial charge < -0.3 is 11.1 Å². The quantitative estimate of drug-likeness (QED) is 0.882. The van der Waals surface area contributed by atoms with Gasteiger partial charge in [0.25, 0.3) is 5.91 Å². The standard InChI is InChI=1S/C14H19N3OS/c1-3-4-6-9(2)17-13(18)12-11(15)10-7-5-8-16-14(10)19-12/h5,7-9H,3-4,6,15H2,1-2H3,(H,17,18). The lowest BCUT2D eigenvalue weighted by Gasteiger charge is -2.12. The third kappa shape index (κ3) is 3.04. The summed E-state index contributed by atoms with van der Waals surface area (Å²) < 4.78 is 0. The van der Waals surface area contributed by atoms with E-state index in [2.05, 4.69) is 17.2 Å². The van der Waals surface area contributed by atoms with Crippen molar-refractivity contribution in [3.8, 4) is 0 Å². The number of nitrogens with one attached hydrogen (secondary N) is 1. The molecule has 0 radical (unpaired) electrons. The number of amides is 1. The number of pyridine rings is 1. The zero-order valence-corrected chi connectivity index (χ0v) is 12.1. The van der Waals surface area contributed by atoms with Crippen LogP contribution in [0.4, 0.5) is 5.69 Å². The number of hydrogen-bond donors (Lipinski definition) is 2. The van der Waals surface area contributed by atoms with Gasteiger partial charge >= 0.3 is 0 Å². The zero-order chi connectivity index (χ0) is 13.8. The summed E-state index contributed by atoms with van der Waals surface area (Å²) in [6, 6.07) is 3.90. The fraction of sp³-hybridized carbons (Fsp3) is 0.429. The van der Waals surface area contributed by atoms with Crippen LogP contribution in [0.1, 0.15) is 42.8 Å². The highest BCUT2D eigenvalue weighted by molar-refractivity contribution is 7.21. The van der Waals surface area contributed by atoms with Crippen LogP contribution < -0.4 is 11.1 Å². The summed E-state index contributed by atoms with van der Waals surface area (Å²) in [7, 11) is 0. The Labute approximate surface area is 117 Å². The van der Waals surface area contributed by atoms with Crippen LogP contribution in [-0.2, 0) is 0 Å². The Morgan fingerprint density at radius 3 is 3.05 bits per heavy atom. The lowest BCUT2D eigenvalue weighted by atomic mass is 10.1. The van der Waals surface area contributed by atoms with E-state index in [4.69, 9.17) is 5.73 Å². The van der Waals surface area contributed by atoms with Gasteiger partial charge in [-0.2, -0.15) is 0 Å². The molecule has 2 rings (SSSR count). The number of carbonyl (C=O) groups is 1. The van der Waals surface area contributed by atoms with E-state index in [9.17, 15) is 4.79 Å². The Kier molecular flexibility index (Phi) is 4.37. The topological polar surface area (TPSA) is 68.0 Å². The van der Waals surface area contributed by atoms with Crippen molar-refractivity contribution in [1.82, 2.24) is 10.3 Å². The second kappa shape index (κ2) is 6.02.